The molecule has 1 unspecified atom stereocenters. The third kappa shape index (κ3) is 4.11. The highest BCUT2D eigenvalue weighted by atomic mass is 16.5. The van der Waals surface area contributed by atoms with E-state index in [2.05, 4.69) is 23.8 Å². The topological polar surface area (TPSA) is 54.4 Å². The average molecular weight is 367 g/mol. The number of hydrazone groups is 1. The molecule has 142 valence electrons. The summed E-state index contributed by atoms with van der Waals surface area (Å²) in [6.45, 7) is 4.51. The van der Waals surface area contributed by atoms with E-state index in [1.165, 1.54) is 0 Å². The van der Waals surface area contributed by atoms with Gasteiger partial charge in [0.2, 0.25) is 0 Å². The number of amides is 1. The van der Waals surface area contributed by atoms with Crippen LogP contribution in [0.15, 0.2) is 53.6 Å². The minimum absolute atomic E-state index is 0.0192. The van der Waals surface area contributed by atoms with Crippen LogP contribution in [0.4, 0.5) is 0 Å². The number of hydrogen-bond donors (Lipinski definition) is 0. The average Bonchev–Trinajstić information content (AvgIpc) is 3.03. The molecular weight excluding hydrogens is 342 g/mol. The van der Waals surface area contributed by atoms with Crippen molar-refractivity contribution in [3.63, 3.8) is 0 Å². The Morgan fingerprint density at radius 1 is 1.00 bits per heavy atom. The summed E-state index contributed by atoms with van der Waals surface area (Å²) >= 11 is 0. The number of ether oxygens (including phenoxy) is 2. The van der Waals surface area contributed by atoms with Crippen molar-refractivity contribution in [2.75, 3.05) is 20.8 Å². The van der Waals surface area contributed by atoms with Gasteiger partial charge in [0.15, 0.2) is 0 Å². The molecule has 1 heterocycles. The van der Waals surface area contributed by atoms with E-state index < -0.39 is 0 Å². The second-order valence-corrected chi connectivity index (χ2v) is 6.67. The number of carbonyl (C=O) groups excluding carboxylic acids is 1. The predicted octanol–water partition coefficient (Wildman–Crippen LogP) is 3.29. The molecule has 0 aliphatic carbocycles. The van der Waals surface area contributed by atoms with Gasteiger partial charge < -0.3 is 9.47 Å². The molecule has 0 saturated carbocycles. The van der Waals surface area contributed by atoms with Crippen LogP contribution in [0.5, 0.6) is 11.5 Å². The van der Waals surface area contributed by atoms with Crippen molar-refractivity contribution >= 4 is 12.1 Å². The van der Waals surface area contributed by atoms with Crippen LogP contribution in [-0.2, 0) is 4.79 Å². The second-order valence-electron chi connectivity index (χ2n) is 6.67. The number of hydrogen-bond acceptors (Lipinski definition) is 5. The molecule has 27 heavy (non-hydrogen) atoms. The van der Waals surface area contributed by atoms with Crippen LogP contribution in [0.2, 0.25) is 0 Å². The van der Waals surface area contributed by atoms with Crippen molar-refractivity contribution in [2.24, 2.45) is 5.10 Å². The van der Waals surface area contributed by atoms with Gasteiger partial charge in [-0.3, -0.25) is 9.69 Å². The lowest BCUT2D eigenvalue weighted by Crippen LogP contribution is -2.33. The maximum atomic E-state index is 12.6. The fraction of sp³-hybridized carbons (Fsp3) is 0.333. The van der Waals surface area contributed by atoms with Crippen LogP contribution >= 0.6 is 0 Å². The highest BCUT2D eigenvalue weighted by molar-refractivity contribution is 5.84. The maximum absolute atomic E-state index is 12.6. The van der Waals surface area contributed by atoms with E-state index >= 15 is 0 Å². The molecule has 0 bridgehead atoms. The van der Waals surface area contributed by atoms with Crippen LogP contribution in [0.3, 0.4) is 0 Å². The lowest BCUT2D eigenvalue weighted by molar-refractivity contribution is -0.128. The smallest absolute Gasteiger partial charge is 0.258 e. The van der Waals surface area contributed by atoms with Gasteiger partial charge in [0.05, 0.1) is 27.0 Å². The molecule has 2 aromatic rings. The van der Waals surface area contributed by atoms with Crippen LogP contribution in [0, 0.1) is 0 Å². The summed E-state index contributed by atoms with van der Waals surface area (Å²) in [5.74, 6) is 1.55. The van der Waals surface area contributed by atoms with Crippen molar-refractivity contribution < 1.29 is 14.3 Å². The van der Waals surface area contributed by atoms with E-state index in [-0.39, 0.29) is 18.1 Å². The van der Waals surface area contributed by atoms with Crippen molar-refractivity contribution in [3.8, 4) is 11.5 Å². The normalized spacial score (nSPS) is 17.9. The van der Waals surface area contributed by atoms with Gasteiger partial charge in [0.25, 0.3) is 5.91 Å². The third-order valence-electron chi connectivity index (χ3n) is 4.64. The maximum Gasteiger partial charge on any atom is 0.258 e. The number of rotatable bonds is 6. The van der Waals surface area contributed by atoms with Gasteiger partial charge >= 0.3 is 0 Å². The zero-order chi connectivity index (χ0) is 19.4. The summed E-state index contributed by atoms with van der Waals surface area (Å²) in [6, 6.07) is 15.5. The molecule has 6 heteroatoms. The lowest BCUT2D eigenvalue weighted by atomic mass is 10.1. The van der Waals surface area contributed by atoms with E-state index in [0.29, 0.717) is 6.54 Å². The fourth-order valence-electron chi connectivity index (χ4n) is 3.11. The monoisotopic (exact) mass is 367 g/mol. The zero-order valence-electron chi connectivity index (χ0n) is 16.1. The van der Waals surface area contributed by atoms with Crippen molar-refractivity contribution in [2.45, 2.75) is 26.1 Å². The Bertz CT molecular complexity index is 800. The molecule has 0 N–H and O–H groups in total. The van der Waals surface area contributed by atoms with Crippen LogP contribution in [-0.4, -0.2) is 48.8 Å². The Balaban J connectivity index is 1.89. The molecule has 3 rings (SSSR count). The first-order chi connectivity index (χ1) is 13.0. The minimum Gasteiger partial charge on any atom is -0.497 e. The molecule has 1 amide bonds. The molecule has 1 fully saturated rings. The van der Waals surface area contributed by atoms with Gasteiger partial charge in [-0.1, -0.05) is 12.1 Å². The first-order valence-electron chi connectivity index (χ1n) is 8.93. The number of benzene rings is 2. The molecule has 0 aromatic heterocycles. The van der Waals surface area contributed by atoms with E-state index in [9.17, 15) is 4.79 Å². The Kier molecular flexibility index (Phi) is 5.76. The van der Waals surface area contributed by atoms with E-state index in [1.54, 1.807) is 25.4 Å². The molecule has 6 nitrogen and oxygen atoms in total. The van der Waals surface area contributed by atoms with Crippen molar-refractivity contribution in [1.29, 1.82) is 0 Å². The summed E-state index contributed by atoms with van der Waals surface area (Å²) in [5, 5.41) is 6.07. The predicted molar refractivity (Wildman–Crippen MR) is 105 cm³/mol. The Morgan fingerprint density at radius 3 is 2.07 bits per heavy atom. The molecule has 2 aromatic carbocycles. The molecule has 0 spiro atoms. The van der Waals surface area contributed by atoms with Crippen molar-refractivity contribution in [1.82, 2.24) is 9.91 Å². The largest absolute Gasteiger partial charge is 0.497 e. The van der Waals surface area contributed by atoms with E-state index in [1.807, 2.05) is 48.5 Å². The lowest BCUT2D eigenvalue weighted by Gasteiger charge is -2.30. The van der Waals surface area contributed by atoms with Gasteiger partial charge in [-0.15, -0.1) is 0 Å². The SMILES string of the molecule is COc1ccc(/C=N/N2C(=O)CN(C(C)C)C2c2ccc(OC)cc2)cc1. The molecule has 0 radical (unpaired) electrons. The summed E-state index contributed by atoms with van der Waals surface area (Å²) in [7, 11) is 3.27. The second kappa shape index (κ2) is 8.22. The number of carbonyl (C=O) groups is 1. The fourth-order valence-corrected chi connectivity index (χ4v) is 3.11. The molecule has 1 saturated heterocycles. The quantitative estimate of drug-likeness (QED) is 0.735. The minimum atomic E-state index is -0.238. The Labute approximate surface area is 160 Å². The standard InChI is InChI=1S/C21H25N3O3/c1-15(2)23-14-20(25)24(21(23)17-7-11-19(27-4)12-8-17)22-13-16-5-9-18(26-3)10-6-16/h5-13,15,21H,14H2,1-4H3/b22-13+. The third-order valence-corrected chi connectivity index (χ3v) is 4.64. The number of nitrogens with zero attached hydrogens (tertiary/aromatic N) is 3. The first kappa shape index (κ1) is 18.9. The summed E-state index contributed by atoms with van der Waals surface area (Å²) < 4.78 is 10.4. The van der Waals surface area contributed by atoms with Gasteiger partial charge in [0.1, 0.15) is 17.7 Å². The van der Waals surface area contributed by atoms with Gasteiger partial charge in [-0.25, -0.2) is 5.01 Å². The van der Waals surface area contributed by atoms with Crippen LogP contribution in [0.25, 0.3) is 0 Å². The Hall–Kier alpha value is -2.86. The van der Waals surface area contributed by atoms with Gasteiger partial charge in [0, 0.05) is 6.04 Å². The summed E-state index contributed by atoms with van der Waals surface area (Å²) in [4.78, 5) is 14.8. The molecule has 1 aliphatic heterocycles. The summed E-state index contributed by atoms with van der Waals surface area (Å²) in [5.41, 5.74) is 1.90. The number of methoxy groups -OCH3 is 2. The highest BCUT2D eigenvalue weighted by Crippen LogP contribution is 2.33. The summed E-state index contributed by atoms with van der Waals surface area (Å²) in [6.07, 6.45) is 1.47. The Morgan fingerprint density at radius 2 is 1.56 bits per heavy atom. The van der Waals surface area contributed by atoms with E-state index in [4.69, 9.17) is 9.47 Å². The molecule has 1 atom stereocenters. The highest BCUT2D eigenvalue weighted by Gasteiger charge is 2.40. The van der Waals surface area contributed by atoms with Crippen LogP contribution in [0.1, 0.15) is 31.1 Å². The van der Waals surface area contributed by atoms with Crippen molar-refractivity contribution in [3.05, 3.63) is 59.7 Å². The molecule has 1 aliphatic rings. The zero-order valence-corrected chi connectivity index (χ0v) is 16.1. The van der Waals surface area contributed by atoms with E-state index in [0.717, 1.165) is 22.6 Å². The van der Waals surface area contributed by atoms with Gasteiger partial charge in [-0.05, 0) is 61.4 Å². The first-order valence-corrected chi connectivity index (χ1v) is 8.93. The van der Waals surface area contributed by atoms with Crippen LogP contribution < -0.4 is 9.47 Å². The molecular formula is C21H25N3O3. The van der Waals surface area contributed by atoms with Gasteiger partial charge in [-0.2, -0.15) is 5.10 Å².